The Kier molecular flexibility index (Phi) is 15.0. The van der Waals surface area contributed by atoms with Gasteiger partial charge in [-0.3, -0.25) is 9.98 Å². The van der Waals surface area contributed by atoms with E-state index in [-0.39, 0.29) is 19.3 Å². The topological polar surface area (TPSA) is 131 Å². The molecule has 0 spiro atoms. The molecule has 4 heterocycles. The molecule has 2 aromatic heterocycles. The molecule has 0 amide bonds. The van der Waals surface area contributed by atoms with Crippen LogP contribution in [-0.4, -0.2) is 41.8 Å². The molecule has 0 saturated heterocycles. The van der Waals surface area contributed by atoms with Crippen molar-refractivity contribution in [2.24, 2.45) is 9.98 Å². The van der Waals surface area contributed by atoms with Gasteiger partial charge in [0.25, 0.3) is 0 Å². The molecule has 0 fully saturated rings. The minimum absolute atomic E-state index is 0.0129. The Morgan fingerprint density at radius 3 is 1.46 bits per heavy atom. The molecule has 56 heavy (non-hydrogen) atoms. The molecule has 2 N–H and O–H groups in total. The number of rotatable bonds is 10. The lowest BCUT2D eigenvalue weighted by atomic mass is 9.80. The van der Waals surface area contributed by atoms with E-state index >= 15 is 0 Å². The molecule has 8 rings (SSSR count). The van der Waals surface area contributed by atoms with Gasteiger partial charge in [0.05, 0.1) is 23.5 Å². The Balaban J connectivity index is 0.000000153. The van der Waals surface area contributed by atoms with Crippen LogP contribution in [0.3, 0.4) is 0 Å². The minimum atomic E-state index is -1.47. The van der Waals surface area contributed by atoms with E-state index in [9.17, 15) is 0 Å². The molecule has 280 valence electrons. The van der Waals surface area contributed by atoms with E-state index < -0.39 is 7.12 Å². The minimum Gasteiger partial charge on any atom is -0.479 e. The van der Waals surface area contributed by atoms with Crippen molar-refractivity contribution < 1.29 is 19.5 Å². The number of nitriles is 2. The summed E-state index contributed by atoms with van der Waals surface area (Å²) in [5.41, 5.74) is 7.83. The zero-order valence-electron chi connectivity index (χ0n) is 30.4. The highest BCUT2D eigenvalue weighted by atomic mass is 127. The molecule has 6 aromatic rings. The summed E-state index contributed by atoms with van der Waals surface area (Å²) in [5, 5.41) is 38.5. The first-order chi connectivity index (χ1) is 27.4. The first kappa shape index (κ1) is 40.6. The summed E-state index contributed by atoms with van der Waals surface area (Å²) in [6, 6.07) is 44.4. The van der Waals surface area contributed by atoms with Gasteiger partial charge in [0.15, 0.2) is 13.2 Å². The average molecular weight is 889 g/mol. The Bertz CT molecular complexity index is 2270. The SMILES string of the molecule is Ic1ccc(C2CCC(c3cccs3)=N2)cc1.N#CCOc1ccc(-c2ccc(C3CCC(c4cccs4)=N3)cc2)cc1.N#CCOc1ccc(B(O)O)cc1. The van der Waals surface area contributed by atoms with E-state index in [1.165, 1.54) is 53.6 Å². The molecule has 0 bridgehead atoms. The van der Waals surface area contributed by atoms with Crippen LogP contribution in [0.2, 0.25) is 0 Å². The fraction of sp³-hybridized carbons (Fsp3) is 0.182. The van der Waals surface area contributed by atoms with Crippen molar-refractivity contribution in [3.05, 3.63) is 157 Å². The van der Waals surface area contributed by atoms with Gasteiger partial charge >= 0.3 is 7.12 Å². The number of ether oxygens (including phenoxy) is 2. The lowest BCUT2D eigenvalue weighted by Gasteiger charge is -2.09. The van der Waals surface area contributed by atoms with Crippen LogP contribution in [0.15, 0.2) is 142 Å². The third-order valence-electron chi connectivity index (χ3n) is 9.07. The van der Waals surface area contributed by atoms with Crippen molar-refractivity contribution in [1.29, 1.82) is 10.5 Å². The van der Waals surface area contributed by atoms with Gasteiger partial charge in [0.2, 0.25) is 0 Å². The van der Waals surface area contributed by atoms with Gasteiger partial charge < -0.3 is 19.5 Å². The van der Waals surface area contributed by atoms with Crippen LogP contribution in [0.5, 0.6) is 11.5 Å². The molecule has 2 aliphatic heterocycles. The number of halogens is 1. The lowest BCUT2D eigenvalue weighted by Crippen LogP contribution is -2.29. The zero-order chi connectivity index (χ0) is 39.1. The molecule has 2 aliphatic rings. The highest BCUT2D eigenvalue weighted by Crippen LogP contribution is 2.34. The third kappa shape index (κ3) is 11.5. The van der Waals surface area contributed by atoms with Gasteiger partial charge in [0, 0.05) is 13.3 Å². The van der Waals surface area contributed by atoms with Gasteiger partial charge in [-0.2, -0.15) is 10.5 Å². The molecule has 2 unspecified atom stereocenters. The number of nitrogens with zero attached hydrogens (tertiary/aromatic N) is 4. The first-order valence-corrected chi connectivity index (χ1v) is 20.9. The quantitative estimate of drug-likeness (QED) is 0.104. The Hall–Kier alpha value is -5.09. The fourth-order valence-corrected chi connectivity index (χ4v) is 8.08. The van der Waals surface area contributed by atoms with Gasteiger partial charge in [-0.25, -0.2) is 0 Å². The Morgan fingerprint density at radius 2 is 1.05 bits per heavy atom. The van der Waals surface area contributed by atoms with Gasteiger partial charge in [-0.15, -0.1) is 22.7 Å². The summed E-state index contributed by atoms with van der Waals surface area (Å²) in [4.78, 5) is 12.4. The van der Waals surface area contributed by atoms with Crippen LogP contribution in [0.4, 0.5) is 0 Å². The Morgan fingerprint density at radius 1 is 0.625 bits per heavy atom. The molecule has 4 aromatic carbocycles. The molecule has 12 heteroatoms. The highest BCUT2D eigenvalue weighted by Gasteiger charge is 2.22. The average Bonchev–Trinajstić information content (AvgIpc) is 4.09. The summed E-state index contributed by atoms with van der Waals surface area (Å²) in [7, 11) is -1.47. The zero-order valence-corrected chi connectivity index (χ0v) is 34.2. The number of hydrogen-bond acceptors (Lipinski definition) is 10. The molecular formula is C44H38BIN4O4S2. The van der Waals surface area contributed by atoms with Crippen LogP contribution in [-0.2, 0) is 0 Å². The van der Waals surface area contributed by atoms with E-state index in [0.29, 0.717) is 23.0 Å². The summed E-state index contributed by atoms with van der Waals surface area (Å²) in [6.07, 6.45) is 4.39. The maximum atomic E-state index is 8.75. The molecule has 8 nitrogen and oxygen atoms in total. The number of thiophene rings is 2. The molecule has 0 radical (unpaired) electrons. The number of hydrogen-bond donors (Lipinski definition) is 2. The Labute approximate surface area is 349 Å². The van der Waals surface area contributed by atoms with Crippen LogP contribution in [0, 0.1) is 26.2 Å². The van der Waals surface area contributed by atoms with Crippen molar-refractivity contribution >= 4 is 69.3 Å². The third-order valence-corrected chi connectivity index (χ3v) is 11.6. The molecule has 0 saturated carbocycles. The van der Waals surface area contributed by atoms with Crippen LogP contribution in [0.25, 0.3) is 11.1 Å². The van der Waals surface area contributed by atoms with Gasteiger partial charge in [0.1, 0.15) is 23.6 Å². The van der Waals surface area contributed by atoms with E-state index in [1.807, 2.05) is 36.4 Å². The van der Waals surface area contributed by atoms with Crippen molar-refractivity contribution in [2.45, 2.75) is 37.8 Å². The largest absolute Gasteiger partial charge is 0.488 e. The highest BCUT2D eigenvalue weighted by molar-refractivity contribution is 14.1. The number of benzene rings is 4. The van der Waals surface area contributed by atoms with Crippen LogP contribution in [0.1, 0.15) is 58.6 Å². The van der Waals surface area contributed by atoms with E-state index in [4.69, 9.17) is 40.0 Å². The van der Waals surface area contributed by atoms with Crippen molar-refractivity contribution in [1.82, 2.24) is 0 Å². The smallest absolute Gasteiger partial charge is 0.479 e. The van der Waals surface area contributed by atoms with E-state index in [1.54, 1.807) is 34.8 Å². The maximum Gasteiger partial charge on any atom is 0.488 e. The van der Waals surface area contributed by atoms with Gasteiger partial charge in [-0.05, 0) is 135 Å². The summed E-state index contributed by atoms with van der Waals surface area (Å²) in [5.74, 6) is 1.25. The van der Waals surface area contributed by atoms with Crippen molar-refractivity contribution in [3.63, 3.8) is 0 Å². The van der Waals surface area contributed by atoms with Crippen LogP contribution >= 0.6 is 45.3 Å². The summed E-state index contributed by atoms with van der Waals surface area (Å²) in [6.45, 7) is 0.0600. The van der Waals surface area contributed by atoms with E-state index in [2.05, 4.69) is 106 Å². The maximum absolute atomic E-state index is 8.75. The lowest BCUT2D eigenvalue weighted by molar-refractivity contribution is 0.368. The second-order valence-corrected chi connectivity index (χ2v) is 15.9. The second-order valence-electron chi connectivity index (χ2n) is 12.7. The van der Waals surface area contributed by atoms with Crippen LogP contribution < -0.4 is 14.9 Å². The molecule has 2 atom stereocenters. The number of aliphatic imine (C=N–C) groups is 2. The van der Waals surface area contributed by atoms with Gasteiger partial charge in [-0.1, -0.05) is 72.8 Å². The predicted octanol–water partition coefficient (Wildman–Crippen LogP) is 9.59. The molecular weight excluding hydrogens is 850 g/mol. The normalized spacial score (nSPS) is 15.4. The second kappa shape index (κ2) is 20.7. The van der Waals surface area contributed by atoms with Crippen molar-refractivity contribution in [3.8, 4) is 34.8 Å². The monoisotopic (exact) mass is 888 g/mol. The van der Waals surface area contributed by atoms with Crippen molar-refractivity contribution in [2.75, 3.05) is 13.2 Å². The standard InChI is InChI=1S/C22H18N2OS.C14H12INS.C8H8BNO3/c23-13-14-25-19-9-7-17(8-10-19)16-3-5-18(6-4-16)20-11-12-21(24-20)22-2-1-15-26-22;15-11-5-3-10(4-6-11)12-7-8-13(16-12)14-2-1-9-17-14;10-5-6-13-8-3-1-7(2-4-8)9(11)12/h1-10,15,20H,11-12,14H2;1-6,9,12H,7-8H2;1-4,11-12H,6H2. The fourth-order valence-electron chi connectivity index (χ4n) is 6.22. The van der Waals surface area contributed by atoms with E-state index in [0.717, 1.165) is 31.2 Å². The first-order valence-electron chi connectivity index (χ1n) is 18.0. The summed E-state index contributed by atoms with van der Waals surface area (Å²) >= 11 is 5.89. The summed E-state index contributed by atoms with van der Waals surface area (Å²) < 4.78 is 11.5. The molecule has 0 aliphatic carbocycles. The predicted molar refractivity (Wildman–Crippen MR) is 235 cm³/mol.